The molecule has 1 aliphatic rings. The van der Waals surface area contributed by atoms with Crippen molar-refractivity contribution in [3.63, 3.8) is 0 Å². The van der Waals surface area contributed by atoms with Crippen LogP contribution >= 0.6 is 0 Å². The molecule has 0 bridgehead atoms. The van der Waals surface area contributed by atoms with E-state index in [1.807, 2.05) is 18.2 Å². The summed E-state index contributed by atoms with van der Waals surface area (Å²) in [6.07, 6.45) is 6.08. The van der Waals surface area contributed by atoms with Crippen LogP contribution in [-0.2, 0) is 14.6 Å². The summed E-state index contributed by atoms with van der Waals surface area (Å²) in [5.41, 5.74) is 1.84. The number of nitrogens with zero attached hydrogens (tertiary/aromatic N) is 1. The maximum Gasteiger partial charge on any atom is 0.225 e. The fraction of sp³-hybridized carbons (Fsp3) is 0.562. The van der Waals surface area contributed by atoms with E-state index in [-0.39, 0.29) is 18.1 Å². The van der Waals surface area contributed by atoms with Crippen LogP contribution in [0.1, 0.15) is 32.1 Å². The zero-order chi connectivity index (χ0) is 16.0. The van der Waals surface area contributed by atoms with Crippen LogP contribution in [0.2, 0.25) is 0 Å². The molecule has 122 valence electrons. The largest absolute Gasteiger partial charge is 0.371 e. The molecule has 2 rings (SSSR count). The van der Waals surface area contributed by atoms with Crippen molar-refractivity contribution in [3.8, 4) is 0 Å². The van der Waals surface area contributed by atoms with E-state index >= 15 is 0 Å². The molecule has 1 fully saturated rings. The maximum absolute atomic E-state index is 11.8. The highest BCUT2D eigenvalue weighted by atomic mass is 32.2. The first kappa shape index (κ1) is 16.8. The SMILES string of the molecule is CS(=O)(=O)CCC(=O)Nc1cccc(N2CCCCCC2)c1. The van der Waals surface area contributed by atoms with E-state index in [1.165, 1.54) is 25.7 Å². The highest BCUT2D eigenvalue weighted by Crippen LogP contribution is 2.22. The van der Waals surface area contributed by atoms with Crippen molar-refractivity contribution in [2.24, 2.45) is 0 Å². The number of rotatable bonds is 5. The van der Waals surface area contributed by atoms with Gasteiger partial charge in [-0.2, -0.15) is 0 Å². The smallest absolute Gasteiger partial charge is 0.225 e. The zero-order valence-electron chi connectivity index (χ0n) is 13.0. The van der Waals surface area contributed by atoms with Crippen molar-refractivity contribution < 1.29 is 13.2 Å². The Hall–Kier alpha value is -1.56. The maximum atomic E-state index is 11.8. The van der Waals surface area contributed by atoms with Gasteiger partial charge in [0.1, 0.15) is 9.84 Å². The second kappa shape index (κ2) is 7.63. The van der Waals surface area contributed by atoms with Gasteiger partial charge in [0.2, 0.25) is 5.91 Å². The van der Waals surface area contributed by atoms with Crippen LogP contribution in [0.5, 0.6) is 0 Å². The Morgan fingerprint density at radius 2 is 1.86 bits per heavy atom. The predicted molar refractivity (Wildman–Crippen MR) is 90.1 cm³/mol. The third kappa shape index (κ3) is 5.67. The van der Waals surface area contributed by atoms with Crippen molar-refractivity contribution >= 4 is 27.1 Å². The monoisotopic (exact) mass is 324 g/mol. The fourth-order valence-corrected chi connectivity index (χ4v) is 3.17. The molecule has 0 radical (unpaired) electrons. The molecule has 6 heteroatoms. The lowest BCUT2D eigenvalue weighted by Gasteiger charge is -2.23. The topological polar surface area (TPSA) is 66.5 Å². The molecule has 1 aromatic rings. The minimum Gasteiger partial charge on any atom is -0.371 e. The van der Waals surface area contributed by atoms with Crippen LogP contribution in [0.25, 0.3) is 0 Å². The van der Waals surface area contributed by atoms with Gasteiger partial charge in [0.25, 0.3) is 0 Å². The average molecular weight is 324 g/mol. The van der Waals surface area contributed by atoms with Gasteiger partial charge in [0.05, 0.1) is 5.75 Å². The van der Waals surface area contributed by atoms with E-state index in [4.69, 9.17) is 0 Å². The van der Waals surface area contributed by atoms with Gasteiger partial charge < -0.3 is 10.2 Å². The Balaban J connectivity index is 1.97. The van der Waals surface area contributed by atoms with Crippen molar-refractivity contribution in [3.05, 3.63) is 24.3 Å². The minimum atomic E-state index is -3.11. The van der Waals surface area contributed by atoms with Gasteiger partial charge >= 0.3 is 0 Å². The lowest BCUT2D eigenvalue weighted by Crippen LogP contribution is -2.24. The van der Waals surface area contributed by atoms with Gasteiger partial charge in [-0.3, -0.25) is 4.79 Å². The lowest BCUT2D eigenvalue weighted by molar-refractivity contribution is -0.115. The van der Waals surface area contributed by atoms with Crippen LogP contribution in [0.3, 0.4) is 0 Å². The molecule has 1 saturated heterocycles. The summed E-state index contributed by atoms with van der Waals surface area (Å²) in [6.45, 7) is 2.09. The van der Waals surface area contributed by atoms with E-state index in [0.29, 0.717) is 0 Å². The van der Waals surface area contributed by atoms with Gasteiger partial charge in [-0.05, 0) is 31.0 Å². The van der Waals surface area contributed by atoms with E-state index in [0.717, 1.165) is 30.7 Å². The van der Waals surface area contributed by atoms with Gasteiger partial charge in [-0.25, -0.2) is 8.42 Å². The normalized spacial score (nSPS) is 16.1. The number of sulfone groups is 1. The molecule has 0 saturated carbocycles. The second-order valence-electron chi connectivity index (χ2n) is 5.88. The van der Waals surface area contributed by atoms with Crippen molar-refractivity contribution in [1.29, 1.82) is 0 Å². The first-order valence-electron chi connectivity index (χ1n) is 7.77. The number of nitrogens with one attached hydrogen (secondary N) is 1. The van der Waals surface area contributed by atoms with E-state index < -0.39 is 9.84 Å². The molecule has 1 N–H and O–H groups in total. The van der Waals surface area contributed by atoms with E-state index in [2.05, 4.69) is 16.3 Å². The van der Waals surface area contributed by atoms with Crippen molar-refractivity contribution in [2.45, 2.75) is 32.1 Å². The molecule has 22 heavy (non-hydrogen) atoms. The van der Waals surface area contributed by atoms with Gasteiger partial charge in [0.15, 0.2) is 0 Å². The first-order valence-corrected chi connectivity index (χ1v) is 9.83. The van der Waals surface area contributed by atoms with Crippen molar-refractivity contribution in [1.82, 2.24) is 0 Å². The van der Waals surface area contributed by atoms with Crippen LogP contribution in [0, 0.1) is 0 Å². The number of benzene rings is 1. The zero-order valence-corrected chi connectivity index (χ0v) is 13.9. The van der Waals surface area contributed by atoms with Gasteiger partial charge in [-0.1, -0.05) is 18.9 Å². The Bertz CT molecular complexity index is 606. The highest BCUT2D eigenvalue weighted by molar-refractivity contribution is 7.90. The number of anilines is 2. The van der Waals surface area contributed by atoms with E-state index in [1.54, 1.807) is 0 Å². The molecular formula is C16H24N2O3S. The standard InChI is InChI=1S/C16H24N2O3S/c1-22(20,21)12-9-16(19)17-14-7-6-8-15(13-14)18-10-4-2-3-5-11-18/h6-8,13H,2-5,9-12H2,1H3,(H,17,19). The summed E-state index contributed by atoms with van der Waals surface area (Å²) < 4.78 is 22.2. The summed E-state index contributed by atoms with van der Waals surface area (Å²) in [4.78, 5) is 14.2. The predicted octanol–water partition coefficient (Wildman–Crippen LogP) is 2.44. The van der Waals surface area contributed by atoms with Gasteiger partial charge in [0, 0.05) is 37.1 Å². The molecule has 0 unspecified atom stereocenters. The molecule has 1 aliphatic heterocycles. The fourth-order valence-electron chi connectivity index (χ4n) is 2.61. The number of carbonyl (C=O) groups is 1. The van der Waals surface area contributed by atoms with Crippen LogP contribution < -0.4 is 10.2 Å². The van der Waals surface area contributed by atoms with Crippen molar-refractivity contribution in [2.75, 3.05) is 35.3 Å². The molecule has 1 aromatic carbocycles. The average Bonchev–Trinajstić information content (AvgIpc) is 2.74. The quantitative estimate of drug-likeness (QED) is 0.903. The van der Waals surface area contributed by atoms with Crippen LogP contribution in [0.4, 0.5) is 11.4 Å². The number of amides is 1. The number of carbonyl (C=O) groups excluding carboxylic acids is 1. The minimum absolute atomic E-state index is 0.00717. The molecule has 0 aliphatic carbocycles. The Kier molecular flexibility index (Phi) is 5.83. The summed E-state index contributed by atoms with van der Waals surface area (Å²) in [7, 11) is -3.11. The van der Waals surface area contributed by atoms with Crippen LogP contribution in [-0.4, -0.2) is 39.4 Å². The second-order valence-corrected chi connectivity index (χ2v) is 8.14. The first-order chi connectivity index (χ1) is 10.4. The molecule has 0 spiro atoms. The summed E-state index contributed by atoms with van der Waals surface area (Å²) in [5, 5.41) is 2.78. The Labute approximate surface area is 132 Å². The third-order valence-electron chi connectivity index (χ3n) is 3.80. The molecule has 0 atom stereocenters. The third-order valence-corrected chi connectivity index (χ3v) is 4.75. The summed E-state index contributed by atoms with van der Waals surface area (Å²) in [6, 6.07) is 7.77. The van der Waals surface area contributed by atoms with Gasteiger partial charge in [-0.15, -0.1) is 0 Å². The van der Waals surface area contributed by atoms with Crippen LogP contribution in [0.15, 0.2) is 24.3 Å². The molecular weight excluding hydrogens is 300 g/mol. The molecule has 0 aromatic heterocycles. The summed E-state index contributed by atoms with van der Waals surface area (Å²) >= 11 is 0. The Morgan fingerprint density at radius 1 is 1.18 bits per heavy atom. The van der Waals surface area contributed by atoms with E-state index in [9.17, 15) is 13.2 Å². The number of hydrogen-bond acceptors (Lipinski definition) is 4. The molecule has 1 amide bonds. The highest BCUT2D eigenvalue weighted by Gasteiger charge is 2.12. The summed E-state index contributed by atoms with van der Waals surface area (Å²) in [5.74, 6) is -0.386. The molecule has 1 heterocycles. The molecule has 5 nitrogen and oxygen atoms in total. The lowest BCUT2D eigenvalue weighted by atomic mass is 10.2. The number of hydrogen-bond donors (Lipinski definition) is 1. The Morgan fingerprint density at radius 3 is 2.50 bits per heavy atom.